The Bertz CT molecular complexity index is 785. The predicted molar refractivity (Wildman–Crippen MR) is 80.4 cm³/mol. The van der Waals surface area contributed by atoms with Crippen molar-refractivity contribution in [3.05, 3.63) is 58.6 Å². The lowest BCUT2D eigenvalue weighted by atomic mass is 10.2. The zero-order valence-electron chi connectivity index (χ0n) is 11.0. The Kier molecular flexibility index (Phi) is 4.20. The summed E-state index contributed by atoms with van der Waals surface area (Å²) < 4.78 is 26.7. The molecule has 0 aliphatic carbocycles. The molecule has 2 aromatic rings. The van der Waals surface area contributed by atoms with Gasteiger partial charge in [-0.25, -0.2) is 13.2 Å². The largest absolute Gasteiger partial charge is 0.478 e. The van der Waals surface area contributed by atoms with Gasteiger partial charge < -0.3 is 5.11 Å². The van der Waals surface area contributed by atoms with E-state index in [1.807, 2.05) is 6.92 Å². The van der Waals surface area contributed by atoms with E-state index in [0.717, 1.165) is 5.56 Å². The lowest BCUT2D eigenvalue weighted by Gasteiger charge is -2.10. The second kappa shape index (κ2) is 5.75. The van der Waals surface area contributed by atoms with Crippen LogP contribution in [0, 0.1) is 6.92 Å². The van der Waals surface area contributed by atoms with E-state index in [1.54, 1.807) is 12.1 Å². The summed E-state index contributed by atoms with van der Waals surface area (Å²) in [5.41, 5.74) is 1.05. The number of nitrogens with one attached hydrogen (secondary N) is 1. The summed E-state index contributed by atoms with van der Waals surface area (Å²) in [6, 6.07) is 10.1. The van der Waals surface area contributed by atoms with Gasteiger partial charge in [-0.1, -0.05) is 29.3 Å². The highest BCUT2D eigenvalue weighted by atomic mass is 35.5. The van der Waals surface area contributed by atoms with Crippen LogP contribution < -0.4 is 4.72 Å². The third-order valence-corrected chi connectivity index (χ3v) is 4.49. The Morgan fingerprint density at radius 2 is 1.76 bits per heavy atom. The molecule has 0 unspecified atom stereocenters. The highest BCUT2D eigenvalue weighted by Crippen LogP contribution is 2.26. The van der Waals surface area contributed by atoms with Gasteiger partial charge in [0.15, 0.2) is 0 Å². The van der Waals surface area contributed by atoms with Crippen molar-refractivity contribution in [1.29, 1.82) is 0 Å². The second-order valence-corrected chi connectivity index (χ2v) is 6.51. The molecular formula is C14H12ClNO4S. The second-order valence-electron chi connectivity index (χ2n) is 4.42. The topological polar surface area (TPSA) is 83.5 Å². The number of hydrogen-bond acceptors (Lipinski definition) is 3. The van der Waals surface area contributed by atoms with Crippen molar-refractivity contribution in [3.8, 4) is 0 Å². The molecule has 0 saturated heterocycles. The van der Waals surface area contributed by atoms with E-state index in [-0.39, 0.29) is 21.2 Å². The van der Waals surface area contributed by atoms with E-state index < -0.39 is 16.0 Å². The number of carbonyl (C=O) groups is 1. The van der Waals surface area contributed by atoms with E-state index in [9.17, 15) is 13.2 Å². The molecule has 0 radical (unpaired) electrons. The number of halogens is 1. The number of aryl methyl sites for hydroxylation is 1. The zero-order valence-corrected chi connectivity index (χ0v) is 12.6. The predicted octanol–water partition coefficient (Wildman–Crippen LogP) is 3.15. The summed E-state index contributed by atoms with van der Waals surface area (Å²) in [5, 5.41) is 8.86. The molecule has 0 atom stereocenters. The van der Waals surface area contributed by atoms with Crippen LogP contribution in [-0.4, -0.2) is 19.5 Å². The molecule has 0 aliphatic rings. The Labute approximate surface area is 127 Å². The fraction of sp³-hybridized carbons (Fsp3) is 0.0714. The van der Waals surface area contributed by atoms with E-state index >= 15 is 0 Å². The molecule has 5 nitrogen and oxygen atoms in total. The fourth-order valence-corrected chi connectivity index (χ4v) is 3.02. The smallest absolute Gasteiger partial charge is 0.335 e. The number of rotatable bonds is 4. The first-order chi connectivity index (χ1) is 9.79. The average Bonchev–Trinajstić information content (AvgIpc) is 2.41. The molecule has 0 heterocycles. The highest BCUT2D eigenvalue weighted by molar-refractivity contribution is 7.92. The summed E-state index contributed by atoms with van der Waals surface area (Å²) in [6.07, 6.45) is 0. The van der Waals surface area contributed by atoms with Crippen LogP contribution in [-0.2, 0) is 10.0 Å². The van der Waals surface area contributed by atoms with Crippen LogP contribution in [0.4, 0.5) is 5.69 Å². The molecule has 0 aromatic heterocycles. The minimum Gasteiger partial charge on any atom is -0.478 e. The van der Waals surface area contributed by atoms with Crippen LogP contribution in [0.2, 0.25) is 5.02 Å². The molecule has 110 valence electrons. The number of hydrogen-bond donors (Lipinski definition) is 2. The van der Waals surface area contributed by atoms with Crippen molar-refractivity contribution in [2.75, 3.05) is 4.72 Å². The van der Waals surface area contributed by atoms with E-state index in [0.29, 0.717) is 0 Å². The first-order valence-corrected chi connectivity index (χ1v) is 7.78. The number of carboxylic acid groups (broad SMARTS) is 1. The summed E-state index contributed by atoms with van der Waals surface area (Å²) in [6.45, 7) is 1.85. The summed E-state index contributed by atoms with van der Waals surface area (Å²) >= 11 is 5.90. The first-order valence-electron chi connectivity index (χ1n) is 5.92. The maximum absolute atomic E-state index is 12.2. The standard InChI is InChI=1S/C14H12ClNO4S/c1-9-2-5-11(6-3-9)21(19,20)16-13-7-4-10(14(17)18)8-12(13)15/h2-8,16H,1H3,(H,17,18). The molecule has 0 spiro atoms. The van der Waals surface area contributed by atoms with Crippen molar-refractivity contribution in [3.63, 3.8) is 0 Å². The van der Waals surface area contributed by atoms with Crippen LogP contribution in [0.25, 0.3) is 0 Å². The monoisotopic (exact) mass is 325 g/mol. The van der Waals surface area contributed by atoms with Crippen LogP contribution in [0.1, 0.15) is 15.9 Å². The molecule has 0 saturated carbocycles. The Hall–Kier alpha value is -2.05. The Morgan fingerprint density at radius 1 is 1.14 bits per heavy atom. The molecule has 7 heteroatoms. The minimum absolute atomic E-state index is 0.0155. The van der Waals surface area contributed by atoms with Crippen molar-refractivity contribution < 1.29 is 18.3 Å². The van der Waals surface area contributed by atoms with Gasteiger partial charge in [0.1, 0.15) is 0 Å². The van der Waals surface area contributed by atoms with E-state index in [1.165, 1.54) is 30.3 Å². The molecule has 0 amide bonds. The molecule has 2 aromatic carbocycles. The summed E-state index contributed by atoms with van der Waals surface area (Å²) in [5.74, 6) is -1.13. The van der Waals surface area contributed by atoms with Crippen molar-refractivity contribution >= 4 is 33.3 Å². The number of carboxylic acids is 1. The van der Waals surface area contributed by atoms with Gasteiger partial charge in [0.05, 0.1) is 21.2 Å². The summed E-state index contributed by atoms with van der Waals surface area (Å²) in [7, 11) is -3.77. The first kappa shape index (κ1) is 15.3. The summed E-state index contributed by atoms with van der Waals surface area (Å²) in [4.78, 5) is 10.9. The van der Waals surface area contributed by atoms with Crippen LogP contribution >= 0.6 is 11.6 Å². The zero-order chi connectivity index (χ0) is 15.6. The third-order valence-electron chi connectivity index (χ3n) is 2.79. The average molecular weight is 326 g/mol. The maximum atomic E-state index is 12.2. The lowest BCUT2D eigenvalue weighted by Crippen LogP contribution is -2.13. The number of anilines is 1. The van der Waals surface area contributed by atoms with Crippen LogP contribution in [0.3, 0.4) is 0 Å². The molecule has 0 fully saturated rings. The molecular weight excluding hydrogens is 314 g/mol. The molecule has 21 heavy (non-hydrogen) atoms. The van der Waals surface area contributed by atoms with Gasteiger partial charge in [-0.15, -0.1) is 0 Å². The molecule has 0 bridgehead atoms. The van der Waals surface area contributed by atoms with Crippen LogP contribution in [0.15, 0.2) is 47.4 Å². The van der Waals surface area contributed by atoms with Gasteiger partial charge in [0, 0.05) is 0 Å². The molecule has 2 rings (SSSR count). The van der Waals surface area contributed by atoms with Gasteiger partial charge in [-0.05, 0) is 37.3 Å². The maximum Gasteiger partial charge on any atom is 0.335 e. The van der Waals surface area contributed by atoms with Crippen LogP contribution in [0.5, 0.6) is 0 Å². The lowest BCUT2D eigenvalue weighted by molar-refractivity contribution is 0.0697. The fourth-order valence-electron chi connectivity index (χ4n) is 1.65. The Morgan fingerprint density at radius 3 is 2.29 bits per heavy atom. The van der Waals surface area contributed by atoms with Gasteiger partial charge >= 0.3 is 5.97 Å². The van der Waals surface area contributed by atoms with Gasteiger partial charge in [-0.2, -0.15) is 0 Å². The Balaban J connectivity index is 2.32. The van der Waals surface area contributed by atoms with Crippen molar-refractivity contribution in [2.45, 2.75) is 11.8 Å². The van der Waals surface area contributed by atoms with Crippen molar-refractivity contribution in [1.82, 2.24) is 0 Å². The van der Waals surface area contributed by atoms with E-state index in [2.05, 4.69) is 4.72 Å². The quantitative estimate of drug-likeness (QED) is 0.904. The number of sulfonamides is 1. The number of benzene rings is 2. The van der Waals surface area contributed by atoms with Crippen molar-refractivity contribution in [2.24, 2.45) is 0 Å². The van der Waals surface area contributed by atoms with Gasteiger partial charge in [-0.3, -0.25) is 4.72 Å². The minimum atomic E-state index is -3.77. The molecule has 0 aliphatic heterocycles. The van der Waals surface area contributed by atoms with Gasteiger partial charge in [0.25, 0.3) is 10.0 Å². The SMILES string of the molecule is Cc1ccc(S(=O)(=O)Nc2ccc(C(=O)O)cc2Cl)cc1. The van der Waals surface area contributed by atoms with Gasteiger partial charge in [0.2, 0.25) is 0 Å². The third kappa shape index (κ3) is 3.53. The molecule has 2 N–H and O–H groups in total. The van der Waals surface area contributed by atoms with E-state index in [4.69, 9.17) is 16.7 Å². The highest BCUT2D eigenvalue weighted by Gasteiger charge is 2.16. The normalized spacial score (nSPS) is 11.1. The number of aromatic carboxylic acids is 1.